The first-order valence-corrected chi connectivity index (χ1v) is 6.88. The second kappa shape index (κ2) is 8.92. The van der Waals surface area contributed by atoms with E-state index < -0.39 is 0 Å². The number of benzene rings is 1. The summed E-state index contributed by atoms with van der Waals surface area (Å²) in [7, 11) is 3.46. The molecule has 0 aliphatic carbocycles. The first-order valence-electron chi connectivity index (χ1n) is 6.50. The van der Waals surface area contributed by atoms with Crippen molar-refractivity contribution in [3.8, 4) is 0 Å². The highest BCUT2D eigenvalue weighted by atomic mass is 35.5. The van der Waals surface area contributed by atoms with E-state index in [2.05, 4.69) is 5.32 Å². The van der Waals surface area contributed by atoms with Crippen LogP contribution in [0.1, 0.15) is 11.6 Å². The van der Waals surface area contributed by atoms with Crippen LogP contribution in [0.2, 0.25) is 5.02 Å². The predicted molar refractivity (Wildman–Crippen MR) is 80.8 cm³/mol. The average Bonchev–Trinajstić information content (AvgIpc) is 2.42. The molecule has 1 amide bonds. The molecule has 0 aliphatic rings. The number of halogens is 1. The van der Waals surface area contributed by atoms with Gasteiger partial charge in [0.1, 0.15) is 0 Å². The zero-order chi connectivity index (χ0) is 15.0. The van der Waals surface area contributed by atoms with E-state index in [9.17, 15) is 4.79 Å². The molecular formula is C14H22ClN3O2. The first kappa shape index (κ1) is 16.9. The number of hydrogen-bond donors (Lipinski definition) is 2. The second-order valence-electron chi connectivity index (χ2n) is 4.53. The third-order valence-corrected chi connectivity index (χ3v) is 3.39. The molecule has 0 heterocycles. The van der Waals surface area contributed by atoms with Gasteiger partial charge in [0.15, 0.2) is 0 Å². The Bertz CT molecular complexity index is 429. The van der Waals surface area contributed by atoms with Gasteiger partial charge in [0.25, 0.3) is 0 Å². The highest BCUT2D eigenvalue weighted by Crippen LogP contribution is 2.25. The van der Waals surface area contributed by atoms with Gasteiger partial charge >= 0.3 is 0 Å². The monoisotopic (exact) mass is 299 g/mol. The second-order valence-corrected chi connectivity index (χ2v) is 4.94. The van der Waals surface area contributed by atoms with E-state index in [-0.39, 0.29) is 18.5 Å². The maximum absolute atomic E-state index is 11.8. The SMILES string of the molecule is COCCNC(=O)CN(C)C(CN)c1ccccc1Cl. The standard InChI is InChI=1S/C14H22ClN3O2/c1-18(10-14(19)17-7-8-20-2)13(9-16)11-5-3-4-6-12(11)15/h3-6,13H,7-10,16H2,1-2H3,(H,17,19). The van der Waals surface area contributed by atoms with Gasteiger partial charge in [0.2, 0.25) is 5.91 Å². The fourth-order valence-electron chi connectivity index (χ4n) is 1.97. The molecule has 0 aromatic heterocycles. The maximum atomic E-state index is 11.8. The van der Waals surface area contributed by atoms with E-state index in [1.54, 1.807) is 7.11 Å². The Morgan fingerprint density at radius 3 is 2.80 bits per heavy atom. The highest BCUT2D eigenvalue weighted by Gasteiger charge is 2.19. The molecule has 0 bridgehead atoms. The molecular weight excluding hydrogens is 278 g/mol. The molecule has 20 heavy (non-hydrogen) atoms. The lowest BCUT2D eigenvalue weighted by Crippen LogP contribution is -2.40. The van der Waals surface area contributed by atoms with E-state index in [1.807, 2.05) is 36.2 Å². The van der Waals surface area contributed by atoms with Crippen LogP contribution in [0.4, 0.5) is 0 Å². The number of carbonyl (C=O) groups excluding carboxylic acids is 1. The highest BCUT2D eigenvalue weighted by molar-refractivity contribution is 6.31. The zero-order valence-corrected chi connectivity index (χ0v) is 12.7. The minimum Gasteiger partial charge on any atom is -0.383 e. The molecule has 1 atom stereocenters. The average molecular weight is 300 g/mol. The van der Waals surface area contributed by atoms with Gasteiger partial charge in [-0.25, -0.2) is 0 Å². The number of hydrogen-bond acceptors (Lipinski definition) is 4. The van der Waals surface area contributed by atoms with Crippen molar-refractivity contribution in [1.82, 2.24) is 10.2 Å². The quantitative estimate of drug-likeness (QED) is 0.704. The third-order valence-electron chi connectivity index (χ3n) is 3.04. The molecule has 1 rings (SSSR count). The Kier molecular flexibility index (Phi) is 7.54. The molecule has 5 nitrogen and oxygen atoms in total. The summed E-state index contributed by atoms with van der Waals surface area (Å²) in [6.45, 7) is 1.66. The van der Waals surface area contributed by atoms with Gasteiger partial charge in [-0.15, -0.1) is 0 Å². The summed E-state index contributed by atoms with van der Waals surface area (Å²) < 4.78 is 4.89. The van der Waals surface area contributed by atoms with Crippen molar-refractivity contribution in [3.05, 3.63) is 34.9 Å². The summed E-state index contributed by atoms with van der Waals surface area (Å²) in [6, 6.07) is 7.45. The molecule has 0 aliphatic heterocycles. The normalized spacial score (nSPS) is 12.4. The molecule has 6 heteroatoms. The summed E-state index contributed by atoms with van der Waals surface area (Å²) in [5.41, 5.74) is 6.75. The van der Waals surface area contributed by atoms with Crippen molar-refractivity contribution in [2.45, 2.75) is 6.04 Å². The number of methoxy groups -OCH3 is 1. The largest absolute Gasteiger partial charge is 0.383 e. The zero-order valence-electron chi connectivity index (χ0n) is 11.9. The minimum atomic E-state index is -0.0862. The summed E-state index contributed by atoms with van der Waals surface area (Å²) in [6.07, 6.45) is 0. The summed E-state index contributed by atoms with van der Waals surface area (Å²) in [5, 5.41) is 3.44. The number of nitrogens with two attached hydrogens (primary N) is 1. The Labute approximate surface area is 125 Å². The predicted octanol–water partition coefficient (Wildman–Crippen LogP) is 1.03. The molecule has 3 N–H and O–H groups in total. The lowest BCUT2D eigenvalue weighted by atomic mass is 10.1. The van der Waals surface area contributed by atoms with Crippen LogP contribution < -0.4 is 11.1 Å². The van der Waals surface area contributed by atoms with Gasteiger partial charge in [0.05, 0.1) is 13.2 Å². The van der Waals surface area contributed by atoms with Crippen molar-refractivity contribution in [1.29, 1.82) is 0 Å². The molecule has 0 saturated carbocycles. The van der Waals surface area contributed by atoms with Crippen LogP contribution in [0, 0.1) is 0 Å². The van der Waals surface area contributed by atoms with Crippen LogP contribution in [0.15, 0.2) is 24.3 Å². The fourth-order valence-corrected chi connectivity index (χ4v) is 2.24. The summed E-state index contributed by atoms with van der Waals surface area (Å²) >= 11 is 6.18. The lowest BCUT2D eigenvalue weighted by molar-refractivity contribution is -0.122. The Morgan fingerprint density at radius 1 is 1.50 bits per heavy atom. The smallest absolute Gasteiger partial charge is 0.234 e. The number of rotatable bonds is 8. The molecule has 1 aromatic carbocycles. The van der Waals surface area contributed by atoms with Crippen molar-refractivity contribution < 1.29 is 9.53 Å². The minimum absolute atomic E-state index is 0.0601. The van der Waals surface area contributed by atoms with E-state index in [0.29, 0.717) is 24.7 Å². The van der Waals surface area contributed by atoms with E-state index in [1.165, 1.54) is 0 Å². The Morgan fingerprint density at radius 2 is 2.20 bits per heavy atom. The maximum Gasteiger partial charge on any atom is 0.234 e. The van der Waals surface area contributed by atoms with Crippen molar-refractivity contribution >= 4 is 17.5 Å². The van der Waals surface area contributed by atoms with E-state index in [4.69, 9.17) is 22.1 Å². The molecule has 112 valence electrons. The van der Waals surface area contributed by atoms with E-state index >= 15 is 0 Å². The Hall–Kier alpha value is -1.14. The first-order chi connectivity index (χ1) is 9.60. The number of nitrogens with one attached hydrogen (secondary N) is 1. The Balaban J connectivity index is 2.61. The number of nitrogens with zero attached hydrogens (tertiary/aromatic N) is 1. The molecule has 1 unspecified atom stereocenters. The van der Waals surface area contributed by atoms with Crippen LogP contribution in [0.5, 0.6) is 0 Å². The van der Waals surface area contributed by atoms with Gasteiger partial charge in [-0.3, -0.25) is 9.69 Å². The molecule has 0 saturated heterocycles. The molecule has 0 radical (unpaired) electrons. The molecule has 1 aromatic rings. The topological polar surface area (TPSA) is 67.6 Å². The summed E-state index contributed by atoms with van der Waals surface area (Å²) in [4.78, 5) is 13.7. The van der Waals surface area contributed by atoms with Crippen molar-refractivity contribution in [2.75, 3.05) is 40.4 Å². The third kappa shape index (κ3) is 5.09. The van der Waals surface area contributed by atoms with Gasteiger partial charge in [-0.05, 0) is 18.7 Å². The van der Waals surface area contributed by atoms with Crippen LogP contribution in [-0.4, -0.2) is 51.2 Å². The lowest BCUT2D eigenvalue weighted by Gasteiger charge is -2.27. The van der Waals surface area contributed by atoms with Crippen LogP contribution in [-0.2, 0) is 9.53 Å². The van der Waals surface area contributed by atoms with Crippen molar-refractivity contribution in [2.24, 2.45) is 5.73 Å². The number of likely N-dealkylation sites (N-methyl/N-ethyl adjacent to an activating group) is 1. The summed E-state index contributed by atoms with van der Waals surface area (Å²) in [5.74, 6) is -0.0601. The van der Waals surface area contributed by atoms with Crippen LogP contribution in [0.25, 0.3) is 0 Å². The molecule has 0 spiro atoms. The van der Waals surface area contributed by atoms with Crippen LogP contribution in [0.3, 0.4) is 0 Å². The van der Waals surface area contributed by atoms with E-state index in [0.717, 1.165) is 5.56 Å². The number of carbonyl (C=O) groups is 1. The number of ether oxygens (including phenoxy) is 1. The number of amides is 1. The molecule has 0 fully saturated rings. The van der Waals surface area contributed by atoms with Gasteiger partial charge in [-0.2, -0.15) is 0 Å². The van der Waals surface area contributed by atoms with Crippen LogP contribution >= 0.6 is 11.6 Å². The van der Waals surface area contributed by atoms with Gasteiger partial charge in [0, 0.05) is 31.3 Å². The van der Waals surface area contributed by atoms with Gasteiger partial charge in [-0.1, -0.05) is 29.8 Å². The van der Waals surface area contributed by atoms with Crippen molar-refractivity contribution in [3.63, 3.8) is 0 Å². The fraction of sp³-hybridized carbons (Fsp3) is 0.500. The van der Waals surface area contributed by atoms with Gasteiger partial charge < -0.3 is 15.8 Å².